The summed E-state index contributed by atoms with van der Waals surface area (Å²) in [5, 5.41) is 6.29. The molecule has 0 aromatic carbocycles. The van der Waals surface area contributed by atoms with Gasteiger partial charge in [0.1, 0.15) is 0 Å². The Balaban J connectivity index is 1.76. The van der Waals surface area contributed by atoms with Crippen molar-refractivity contribution in [3.63, 3.8) is 0 Å². The van der Waals surface area contributed by atoms with Crippen molar-refractivity contribution in [1.82, 2.24) is 10.3 Å². The number of nitrogens with one attached hydrogen (secondary N) is 2. The van der Waals surface area contributed by atoms with E-state index in [4.69, 9.17) is 0 Å². The Bertz CT molecular complexity index is 441. The molecule has 1 heterocycles. The van der Waals surface area contributed by atoms with Crippen LogP contribution >= 0.6 is 0 Å². The number of aromatic nitrogens is 1. The molecular weight excluding hydrogens is 262 g/mol. The Labute approximate surface area is 127 Å². The third kappa shape index (κ3) is 5.03. The minimum Gasteiger partial charge on any atom is -0.383 e. The lowest BCUT2D eigenvalue weighted by atomic mass is 10.0. The van der Waals surface area contributed by atoms with Crippen LogP contribution in [0, 0.1) is 5.92 Å². The molecule has 1 fully saturated rings. The highest BCUT2D eigenvalue weighted by atomic mass is 16.1. The van der Waals surface area contributed by atoms with E-state index in [2.05, 4.69) is 22.5 Å². The van der Waals surface area contributed by atoms with Crippen molar-refractivity contribution in [2.45, 2.75) is 51.9 Å². The summed E-state index contributed by atoms with van der Waals surface area (Å²) in [5.41, 5.74) is 1.52. The van der Waals surface area contributed by atoms with Gasteiger partial charge >= 0.3 is 0 Å². The highest BCUT2D eigenvalue weighted by Gasteiger charge is 2.15. The summed E-state index contributed by atoms with van der Waals surface area (Å²) in [6, 6.07) is 1.78. The van der Waals surface area contributed by atoms with Crippen LogP contribution in [-0.2, 0) is 0 Å². The summed E-state index contributed by atoms with van der Waals surface area (Å²) in [7, 11) is 0. The van der Waals surface area contributed by atoms with E-state index in [0.717, 1.165) is 37.5 Å². The second kappa shape index (κ2) is 8.65. The van der Waals surface area contributed by atoms with Crippen LogP contribution in [0.15, 0.2) is 18.5 Å². The van der Waals surface area contributed by atoms with E-state index in [1.165, 1.54) is 32.1 Å². The first-order valence-electron chi connectivity index (χ1n) is 8.27. The van der Waals surface area contributed by atoms with Crippen LogP contribution < -0.4 is 10.6 Å². The Morgan fingerprint density at radius 2 is 2.14 bits per heavy atom. The Morgan fingerprint density at radius 3 is 2.90 bits per heavy atom. The van der Waals surface area contributed by atoms with Crippen LogP contribution in [0.1, 0.15) is 62.2 Å². The van der Waals surface area contributed by atoms with Gasteiger partial charge in [0.2, 0.25) is 0 Å². The summed E-state index contributed by atoms with van der Waals surface area (Å²) in [4.78, 5) is 16.3. The number of hydrogen-bond acceptors (Lipinski definition) is 3. The molecule has 1 aromatic rings. The van der Waals surface area contributed by atoms with Gasteiger partial charge in [0.25, 0.3) is 5.91 Å². The van der Waals surface area contributed by atoms with Crippen molar-refractivity contribution in [1.29, 1.82) is 0 Å². The van der Waals surface area contributed by atoms with Gasteiger partial charge in [-0.2, -0.15) is 0 Å². The Morgan fingerprint density at radius 1 is 1.33 bits per heavy atom. The van der Waals surface area contributed by atoms with Crippen LogP contribution in [0.25, 0.3) is 0 Å². The molecule has 0 saturated heterocycles. The highest BCUT2D eigenvalue weighted by molar-refractivity contribution is 5.99. The third-order valence-corrected chi connectivity index (χ3v) is 4.18. The van der Waals surface area contributed by atoms with Gasteiger partial charge in [0.15, 0.2) is 0 Å². The van der Waals surface area contributed by atoms with E-state index in [0.29, 0.717) is 5.56 Å². The number of amides is 1. The van der Waals surface area contributed by atoms with E-state index in [1.807, 2.05) is 0 Å². The summed E-state index contributed by atoms with van der Waals surface area (Å²) < 4.78 is 0. The number of nitrogens with zero attached hydrogens (tertiary/aromatic N) is 1. The second-order valence-electron chi connectivity index (χ2n) is 5.90. The van der Waals surface area contributed by atoms with Crippen molar-refractivity contribution < 1.29 is 4.79 Å². The first-order chi connectivity index (χ1) is 10.3. The van der Waals surface area contributed by atoms with Crippen LogP contribution in [0.4, 0.5) is 5.69 Å². The molecule has 1 saturated carbocycles. The zero-order valence-corrected chi connectivity index (χ0v) is 13.0. The SMILES string of the molecule is CCCNc1cnccc1C(=O)NCCCC1CCCC1. The topological polar surface area (TPSA) is 54.0 Å². The van der Waals surface area contributed by atoms with E-state index in [1.54, 1.807) is 18.5 Å². The Hall–Kier alpha value is -1.58. The minimum absolute atomic E-state index is 0.00225. The van der Waals surface area contributed by atoms with Crippen LogP contribution in [0.5, 0.6) is 0 Å². The van der Waals surface area contributed by atoms with Gasteiger partial charge in [-0.15, -0.1) is 0 Å². The van der Waals surface area contributed by atoms with Gasteiger partial charge in [0, 0.05) is 19.3 Å². The molecule has 0 radical (unpaired) electrons. The number of pyridine rings is 1. The van der Waals surface area contributed by atoms with Crippen LogP contribution in [0.3, 0.4) is 0 Å². The molecule has 1 aromatic heterocycles. The number of anilines is 1. The zero-order valence-electron chi connectivity index (χ0n) is 13.0. The standard InChI is InChI=1S/C17H27N3O/c1-2-10-19-16-13-18-12-9-15(16)17(21)20-11-5-8-14-6-3-4-7-14/h9,12-14,19H,2-8,10-11H2,1H3,(H,20,21). The second-order valence-corrected chi connectivity index (χ2v) is 5.90. The van der Waals surface area contributed by atoms with Crippen molar-refractivity contribution in [2.24, 2.45) is 5.92 Å². The first-order valence-corrected chi connectivity index (χ1v) is 8.27. The fraction of sp³-hybridized carbons (Fsp3) is 0.647. The number of carbonyl (C=O) groups is 1. The summed E-state index contributed by atoms with van der Waals surface area (Å²) >= 11 is 0. The molecule has 4 heteroatoms. The molecule has 1 amide bonds. The molecule has 1 aliphatic carbocycles. The predicted molar refractivity (Wildman–Crippen MR) is 86.5 cm³/mol. The summed E-state index contributed by atoms with van der Waals surface area (Å²) in [6.45, 7) is 3.73. The molecule has 2 N–H and O–H groups in total. The van der Waals surface area contributed by atoms with Gasteiger partial charge in [-0.25, -0.2) is 0 Å². The molecule has 0 bridgehead atoms. The van der Waals surface area contributed by atoms with Crippen LogP contribution in [0.2, 0.25) is 0 Å². The van der Waals surface area contributed by atoms with E-state index in [9.17, 15) is 4.79 Å². The van der Waals surface area contributed by atoms with Crippen LogP contribution in [-0.4, -0.2) is 24.0 Å². The van der Waals surface area contributed by atoms with Gasteiger partial charge in [-0.1, -0.05) is 32.6 Å². The van der Waals surface area contributed by atoms with Crippen molar-refractivity contribution in [3.8, 4) is 0 Å². The fourth-order valence-corrected chi connectivity index (χ4v) is 2.98. The van der Waals surface area contributed by atoms with E-state index >= 15 is 0 Å². The molecule has 1 aliphatic rings. The molecule has 116 valence electrons. The van der Waals surface area contributed by atoms with E-state index in [-0.39, 0.29) is 5.91 Å². The summed E-state index contributed by atoms with van der Waals surface area (Å²) in [5.74, 6) is 0.895. The van der Waals surface area contributed by atoms with Gasteiger partial charge in [-0.3, -0.25) is 9.78 Å². The smallest absolute Gasteiger partial charge is 0.253 e. The average Bonchev–Trinajstić information content (AvgIpc) is 3.03. The van der Waals surface area contributed by atoms with Gasteiger partial charge in [0.05, 0.1) is 17.4 Å². The lowest BCUT2D eigenvalue weighted by Crippen LogP contribution is -2.26. The molecule has 0 aliphatic heterocycles. The average molecular weight is 289 g/mol. The number of rotatable bonds is 8. The third-order valence-electron chi connectivity index (χ3n) is 4.18. The molecule has 21 heavy (non-hydrogen) atoms. The zero-order chi connectivity index (χ0) is 14.9. The fourth-order valence-electron chi connectivity index (χ4n) is 2.98. The van der Waals surface area contributed by atoms with Crippen molar-refractivity contribution >= 4 is 11.6 Å². The monoisotopic (exact) mass is 289 g/mol. The van der Waals surface area contributed by atoms with Gasteiger partial charge in [-0.05, 0) is 31.2 Å². The number of hydrogen-bond donors (Lipinski definition) is 2. The quantitative estimate of drug-likeness (QED) is 0.719. The molecule has 0 unspecified atom stereocenters. The maximum Gasteiger partial charge on any atom is 0.253 e. The largest absolute Gasteiger partial charge is 0.383 e. The molecular formula is C17H27N3O. The Kier molecular flexibility index (Phi) is 6.51. The minimum atomic E-state index is 0.00225. The predicted octanol–water partition coefficient (Wildman–Crippen LogP) is 3.60. The normalized spacial score (nSPS) is 15.1. The maximum atomic E-state index is 12.2. The van der Waals surface area contributed by atoms with Crippen molar-refractivity contribution in [2.75, 3.05) is 18.4 Å². The first kappa shape index (κ1) is 15.8. The lowest BCUT2D eigenvalue weighted by Gasteiger charge is -2.12. The highest BCUT2D eigenvalue weighted by Crippen LogP contribution is 2.28. The number of carbonyl (C=O) groups excluding carboxylic acids is 1. The van der Waals surface area contributed by atoms with Gasteiger partial charge < -0.3 is 10.6 Å². The lowest BCUT2D eigenvalue weighted by molar-refractivity contribution is 0.0953. The summed E-state index contributed by atoms with van der Waals surface area (Å²) in [6.07, 6.45) is 12.3. The molecule has 0 spiro atoms. The maximum absolute atomic E-state index is 12.2. The van der Waals surface area contributed by atoms with E-state index < -0.39 is 0 Å². The molecule has 0 atom stereocenters. The molecule has 4 nitrogen and oxygen atoms in total. The molecule has 2 rings (SSSR count). The van der Waals surface area contributed by atoms with Crippen molar-refractivity contribution in [3.05, 3.63) is 24.0 Å².